The molecule has 0 saturated carbocycles. The summed E-state index contributed by atoms with van der Waals surface area (Å²) in [5, 5.41) is 17.9. The van der Waals surface area contributed by atoms with E-state index in [4.69, 9.17) is 0 Å². The highest BCUT2D eigenvalue weighted by Crippen LogP contribution is 2.35. The van der Waals surface area contributed by atoms with Crippen molar-refractivity contribution in [1.29, 1.82) is 0 Å². The molecular formula is C40H42F3N5O5S. The molecule has 0 spiro atoms. The number of rotatable bonds is 13. The van der Waals surface area contributed by atoms with E-state index in [9.17, 15) is 37.5 Å². The van der Waals surface area contributed by atoms with Crippen LogP contribution in [0, 0.1) is 0 Å². The Kier molecular flexibility index (Phi) is 12.7. The molecule has 1 fully saturated rings. The number of hydrogen-bond donors (Lipinski definition) is 4. The summed E-state index contributed by atoms with van der Waals surface area (Å²) in [7, 11) is 0. The Balaban J connectivity index is 1.37. The lowest BCUT2D eigenvalue weighted by Crippen LogP contribution is -2.52. The number of pyridine rings is 1. The molecule has 0 bridgehead atoms. The fourth-order valence-electron chi connectivity index (χ4n) is 6.15. The van der Waals surface area contributed by atoms with Crippen LogP contribution in [0.2, 0.25) is 0 Å². The van der Waals surface area contributed by atoms with Gasteiger partial charge in [0.2, 0.25) is 5.91 Å². The van der Waals surface area contributed by atoms with E-state index in [0.717, 1.165) is 55.7 Å². The molecule has 2 heterocycles. The molecule has 54 heavy (non-hydrogen) atoms. The van der Waals surface area contributed by atoms with Gasteiger partial charge < -0.3 is 26.0 Å². The van der Waals surface area contributed by atoms with Crippen molar-refractivity contribution >= 4 is 46.8 Å². The Labute approximate surface area is 315 Å². The minimum absolute atomic E-state index is 0.114. The zero-order valence-electron chi connectivity index (χ0n) is 30.1. The number of carbonyl (C=O) groups is 4. The van der Waals surface area contributed by atoms with Gasteiger partial charge in [0.25, 0.3) is 11.8 Å². The Hall–Kier alpha value is -5.37. The van der Waals surface area contributed by atoms with E-state index in [-0.39, 0.29) is 12.1 Å². The van der Waals surface area contributed by atoms with Crippen molar-refractivity contribution in [1.82, 2.24) is 15.6 Å². The third-order valence-corrected chi connectivity index (χ3v) is 10.5. The van der Waals surface area contributed by atoms with Crippen molar-refractivity contribution in [2.24, 2.45) is 0 Å². The van der Waals surface area contributed by atoms with Gasteiger partial charge >= 0.3 is 12.1 Å². The summed E-state index contributed by atoms with van der Waals surface area (Å²) in [5.74, 6) is -2.12. The van der Waals surface area contributed by atoms with Crippen LogP contribution < -0.4 is 20.9 Å². The number of carbonyl (C=O) groups excluding carboxylic acids is 3. The van der Waals surface area contributed by atoms with Gasteiger partial charge in [-0.3, -0.25) is 19.4 Å². The van der Waals surface area contributed by atoms with Crippen LogP contribution >= 0.6 is 11.8 Å². The number of halogens is 3. The van der Waals surface area contributed by atoms with E-state index in [1.54, 1.807) is 44.2 Å². The number of alkyl halides is 3. The van der Waals surface area contributed by atoms with Crippen molar-refractivity contribution in [3.8, 4) is 11.3 Å². The Morgan fingerprint density at radius 1 is 0.870 bits per heavy atom. The zero-order chi connectivity index (χ0) is 39.0. The maximum Gasteiger partial charge on any atom is 0.416 e. The quantitative estimate of drug-likeness (QED) is 0.110. The van der Waals surface area contributed by atoms with E-state index >= 15 is 0 Å². The number of hydrogen-bond acceptors (Lipinski definition) is 7. The van der Waals surface area contributed by atoms with Crippen molar-refractivity contribution in [3.05, 3.63) is 113 Å². The van der Waals surface area contributed by atoms with Gasteiger partial charge in [0.1, 0.15) is 6.04 Å². The molecule has 1 aliphatic rings. The molecule has 284 valence electrons. The lowest BCUT2D eigenvalue weighted by atomic mass is 10.0. The molecule has 1 saturated heterocycles. The predicted molar refractivity (Wildman–Crippen MR) is 203 cm³/mol. The van der Waals surface area contributed by atoms with Gasteiger partial charge in [0.15, 0.2) is 0 Å². The number of carboxylic acids is 1. The number of nitrogens with zero attached hydrogens (tertiary/aromatic N) is 2. The van der Waals surface area contributed by atoms with Crippen LogP contribution in [0.5, 0.6) is 0 Å². The van der Waals surface area contributed by atoms with Gasteiger partial charge in [-0.05, 0) is 98.8 Å². The maximum absolute atomic E-state index is 13.7. The first kappa shape index (κ1) is 39.8. The first-order valence-electron chi connectivity index (χ1n) is 17.4. The third-order valence-electron chi connectivity index (χ3n) is 9.07. The lowest BCUT2D eigenvalue weighted by molar-refractivity contribution is -0.142. The van der Waals surface area contributed by atoms with E-state index in [1.165, 1.54) is 43.1 Å². The number of carboxylic acid groups (broad SMARTS) is 1. The van der Waals surface area contributed by atoms with Crippen LogP contribution in [-0.2, 0) is 28.1 Å². The summed E-state index contributed by atoms with van der Waals surface area (Å²) in [6, 6.07) is 19.4. The van der Waals surface area contributed by atoms with Crippen LogP contribution in [-0.4, -0.2) is 57.7 Å². The summed E-state index contributed by atoms with van der Waals surface area (Å²) in [6.07, 6.45) is 0.198. The molecule has 3 amide bonds. The van der Waals surface area contributed by atoms with E-state index in [1.807, 2.05) is 18.2 Å². The minimum atomic E-state index is -4.50. The summed E-state index contributed by atoms with van der Waals surface area (Å²) in [5.41, 5.74) is 3.26. The van der Waals surface area contributed by atoms with E-state index in [0.29, 0.717) is 33.8 Å². The number of piperidine rings is 1. The third kappa shape index (κ3) is 10.4. The summed E-state index contributed by atoms with van der Waals surface area (Å²) < 4.78 is 38.8. The average molecular weight is 762 g/mol. The van der Waals surface area contributed by atoms with E-state index < -0.39 is 46.2 Å². The minimum Gasteiger partial charge on any atom is -0.480 e. The largest absolute Gasteiger partial charge is 0.480 e. The first-order valence-corrected chi connectivity index (χ1v) is 18.4. The first-order chi connectivity index (χ1) is 25.6. The monoisotopic (exact) mass is 761 g/mol. The lowest BCUT2D eigenvalue weighted by Gasteiger charge is -2.31. The number of thioether (sulfide) groups is 1. The number of anilines is 2. The van der Waals surface area contributed by atoms with Crippen molar-refractivity contribution in [3.63, 3.8) is 0 Å². The van der Waals surface area contributed by atoms with Crippen LogP contribution in [0.15, 0.2) is 85.1 Å². The number of amides is 3. The molecule has 14 heteroatoms. The predicted octanol–water partition coefficient (Wildman–Crippen LogP) is 7.54. The molecule has 10 nitrogen and oxygen atoms in total. The fourth-order valence-corrected chi connectivity index (χ4v) is 7.19. The van der Waals surface area contributed by atoms with Crippen LogP contribution in [0.1, 0.15) is 77.4 Å². The average Bonchev–Trinajstić information content (AvgIpc) is 3.15. The molecule has 1 aliphatic heterocycles. The SMILES string of the molecule is CC(=O)NC(C(=O)O)C(C)(C)SCc1cccc(C(=O)Nc2ccc(N3CCCCC3)cc2-c2cc(C(=O)NCc3cccc(C(F)(F)F)c3)ccn2)c1. The number of aliphatic carboxylic acids is 1. The van der Waals surface area contributed by atoms with Crippen molar-refractivity contribution in [2.45, 2.75) is 69.3 Å². The van der Waals surface area contributed by atoms with E-state index in [2.05, 4.69) is 25.8 Å². The number of aromatic nitrogens is 1. The zero-order valence-corrected chi connectivity index (χ0v) is 30.9. The Morgan fingerprint density at radius 3 is 2.28 bits per heavy atom. The molecule has 0 radical (unpaired) electrons. The second-order valence-corrected chi connectivity index (χ2v) is 15.2. The van der Waals surface area contributed by atoms with Gasteiger partial charge in [-0.1, -0.05) is 24.3 Å². The second-order valence-electron chi connectivity index (χ2n) is 13.6. The molecule has 0 aliphatic carbocycles. The fraction of sp³-hybridized carbons (Fsp3) is 0.325. The smallest absolute Gasteiger partial charge is 0.416 e. The van der Waals surface area contributed by atoms with Gasteiger partial charge in [0.05, 0.1) is 16.9 Å². The highest BCUT2D eigenvalue weighted by molar-refractivity contribution is 7.99. The van der Waals surface area contributed by atoms with Gasteiger partial charge in [-0.25, -0.2) is 4.79 Å². The number of benzene rings is 3. The van der Waals surface area contributed by atoms with Crippen LogP contribution in [0.4, 0.5) is 24.5 Å². The molecule has 1 unspecified atom stereocenters. The van der Waals surface area contributed by atoms with Gasteiger partial charge in [0, 0.05) is 65.6 Å². The molecule has 1 atom stereocenters. The standard InChI is InChI=1S/C40H42F3N5O5S/c1-25(49)46-35(38(52)53)39(2,3)54-24-27-10-7-11-28(19-27)37(51)47-33-14-13-31(48-17-5-4-6-18-48)22-32(33)34-21-29(15-16-44-34)36(50)45-23-26-9-8-12-30(20-26)40(41,42)43/h7-16,19-22,35H,4-6,17-18,23-24H2,1-3H3,(H,45,50)(H,46,49)(H,47,51)(H,52,53). The normalized spacial score (nSPS) is 13.9. The summed E-state index contributed by atoms with van der Waals surface area (Å²) in [6.45, 7) is 6.37. The molecule has 3 aromatic carbocycles. The molecule has 4 aromatic rings. The topological polar surface area (TPSA) is 141 Å². The molecule has 5 rings (SSSR count). The maximum atomic E-state index is 13.7. The highest BCUT2D eigenvalue weighted by atomic mass is 32.2. The van der Waals surface area contributed by atoms with Crippen LogP contribution in [0.25, 0.3) is 11.3 Å². The Bertz CT molecular complexity index is 2020. The van der Waals surface area contributed by atoms with Gasteiger partial charge in [-0.2, -0.15) is 13.2 Å². The molecule has 1 aromatic heterocycles. The van der Waals surface area contributed by atoms with Gasteiger partial charge in [-0.15, -0.1) is 11.8 Å². The molecule has 4 N–H and O–H groups in total. The second kappa shape index (κ2) is 17.2. The highest BCUT2D eigenvalue weighted by Gasteiger charge is 2.36. The summed E-state index contributed by atoms with van der Waals surface area (Å²) >= 11 is 1.34. The van der Waals surface area contributed by atoms with Crippen molar-refractivity contribution < 1.29 is 37.5 Å². The number of nitrogens with one attached hydrogen (secondary N) is 3. The molecular weight excluding hydrogens is 720 g/mol. The van der Waals surface area contributed by atoms with Crippen molar-refractivity contribution in [2.75, 3.05) is 23.3 Å². The van der Waals surface area contributed by atoms with Crippen LogP contribution in [0.3, 0.4) is 0 Å². The summed E-state index contributed by atoms with van der Waals surface area (Å²) in [4.78, 5) is 57.3. The Morgan fingerprint density at radius 2 is 1.57 bits per heavy atom.